The Morgan fingerprint density at radius 1 is 1.11 bits per heavy atom. The van der Waals surface area contributed by atoms with Crippen molar-refractivity contribution in [2.45, 2.75) is 13.3 Å². The van der Waals surface area contributed by atoms with E-state index in [2.05, 4.69) is 61.8 Å². The highest BCUT2D eigenvalue weighted by Gasteiger charge is 2.17. The Morgan fingerprint density at radius 2 is 1.80 bits per heavy atom. The van der Waals surface area contributed by atoms with Crippen molar-refractivity contribution in [2.24, 2.45) is 5.84 Å². The molecule has 4 N–H and O–H groups in total. The van der Waals surface area contributed by atoms with Crippen LogP contribution >= 0.6 is 38.9 Å². The van der Waals surface area contributed by atoms with E-state index < -0.39 is 0 Å². The summed E-state index contributed by atoms with van der Waals surface area (Å²) in [5.41, 5.74) is 6.12. The standard InChI is InChI=1S/C17H19ClN4OS.C7H7BrN2O/c1-2-19-17-21-20-16(24-17)14-5-3-12(4-6-14)13-7-9-22(10-8-13)15(23)11-18;8-6-3-1-5(2-4-6)7(11)10-9/h3-7H,2,8-11H2,1H3,(H,19,21);1-4H,9H2,(H,10,11). The van der Waals surface area contributed by atoms with Gasteiger partial charge in [-0.15, -0.1) is 21.8 Å². The number of aromatic nitrogens is 2. The number of carbonyl (C=O) groups excluding carboxylic acids is 2. The third-order valence-electron chi connectivity index (χ3n) is 5.17. The second-order valence-corrected chi connectivity index (χ2v) is 9.61. The second-order valence-electron chi connectivity index (χ2n) is 7.45. The Bertz CT molecular complexity index is 1170. The van der Waals surface area contributed by atoms with Gasteiger partial charge in [0, 0.05) is 35.2 Å². The van der Waals surface area contributed by atoms with Crippen molar-refractivity contribution in [3.63, 3.8) is 0 Å². The number of benzene rings is 2. The Hall–Kier alpha value is -2.79. The summed E-state index contributed by atoms with van der Waals surface area (Å²) >= 11 is 10.4. The van der Waals surface area contributed by atoms with Crippen LogP contribution in [0.2, 0.25) is 0 Å². The molecule has 4 rings (SSSR count). The highest BCUT2D eigenvalue weighted by molar-refractivity contribution is 9.10. The number of hydrogen-bond acceptors (Lipinski definition) is 7. The molecular weight excluding hydrogens is 552 g/mol. The number of anilines is 1. The van der Waals surface area contributed by atoms with E-state index in [0.717, 1.165) is 39.7 Å². The molecular formula is C24H26BrClN6O2S. The maximum absolute atomic E-state index is 11.6. The van der Waals surface area contributed by atoms with Crippen molar-refractivity contribution in [1.82, 2.24) is 20.5 Å². The average Bonchev–Trinajstić information content (AvgIpc) is 3.37. The molecule has 3 aromatic rings. The number of alkyl halides is 1. The summed E-state index contributed by atoms with van der Waals surface area (Å²) in [5.74, 6) is 4.70. The zero-order chi connectivity index (χ0) is 25.2. The molecule has 1 aliphatic heterocycles. The van der Waals surface area contributed by atoms with Crippen LogP contribution in [0.15, 0.2) is 59.1 Å². The molecule has 0 saturated heterocycles. The lowest BCUT2D eigenvalue weighted by Crippen LogP contribution is -2.35. The zero-order valence-corrected chi connectivity index (χ0v) is 22.3. The van der Waals surface area contributed by atoms with Gasteiger partial charge in [-0.1, -0.05) is 57.6 Å². The van der Waals surface area contributed by atoms with Crippen molar-refractivity contribution >= 4 is 61.4 Å². The van der Waals surface area contributed by atoms with Crippen LogP contribution in [-0.2, 0) is 4.79 Å². The second kappa shape index (κ2) is 13.3. The van der Waals surface area contributed by atoms with Crippen molar-refractivity contribution in [1.29, 1.82) is 0 Å². The third kappa shape index (κ3) is 7.60. The number of hydrogen-bond donors (Lipinski definition) is 3. The number of nitrogen functional groups attached to an aromatic ring is 1. The lowest BCUT2D eigenvalue weighted by Gasteiger charge is -2.26. The van der Waals surface area contributed by atoms with Crippen LogP contribution in [0, 0.1) is 0 Å². The van der Waals surface area contributed by atoms with Crippen molar-refractivity contribution in [3.05, 3.63) is 70.2 Å². The topological polar surface area (TPSA) is 113 Å². The lowest BCUT2D eigenvalue weighted by atomic mass is 9.98. The van der Waals surface area contributed by atoms with E-state index in [-0.39, 0.29) is 17.7 Å². The van der Waals surface area contributed by atoms with E-state index in [0.29, 0.717) is 12.1 Å². The minimum absolute atomic E-state index is 0.00456. The first-order valence-electron chi connectivity index (χ1n) is 10.9. The molecule has 0 unspecified atom stereocenters. The van der Waals surface area contributed by atoms with Crippen LogP contribution < -0.4 is 16.6 Å². The fourth-order valence-corrected chi connectivity index (χ4v) is 4.57. The van der Waals surface area contributed by atoms with Crippen LogP contribution in [0.3, 0.4) is 0 Å². The monoisotopic (exact) mass is 576 g/mol. The Labute approximate surface area is 221 Å². The van der Waals surface area contributed by atoms with Gasteiger partial charge >= 0.3 is 0 Å². The minimum Gasteiger partial charge on any atom is -0.360 e. The molecule has 11 heteroatoms. The Morgan fingerprint density at radius 3 is 2.37 bits per heavy atom. The molecule has 2 aromatic carbocycles. The number of nitrogens with one attached hydrogen (secondary N) is 2. The third-order valence-corrected chi connectivity index (χ3v) is 6.86. The molecule has 0 atom stereocenters. The number of nitrogens with two attached hydrogens (primary N) is 1. The number of carbonyl (C=O) groups is 2. The fourth-order valence-electron chi connectivity index (χ4n) is 3.32. The van der Waals surface area contributed by atoms with Gasteiger partial charge in [0.15, 0.2) is 0 Å². The SMILES string of the molecule is CCNc1nnc(-c2ccc(C3=CCN(C(=O)CCl)CC3)cc2)s1.NNC(=O)c1ccc(Br)cc1. The van der Waals surface area contributed by atoms with Gasteiger partial charge in [-0.3, -0.25) is 15.0 Å². The molecule has 0 fully saturated rings. The predicted octanol–water partition coefficient (Wildman–Crippen LogP) is 4.54. The molecule has 8 nitrogen and oxygen atoms in total. The van der Waals surface area contributed by atoms with Gasteiger partial charge in [0.05, 0.1) is 0 Å². The van der Waals surface area contributed by atoms with Gasteiger partial charge in [-0.2, -0.15) is 0 Å². The van der Waals surface area contributed by atoms with Gasteiger partial charge in [0.2, 0.25) is 11.0 Å². The number of amides is 2. The summed E-state index contributed by atoms with van der Waals surface area (Å²) in [6.45, 7) is 4.23. The first-order valence-corrected chi connectivity index (χ1v) is 13.1. The molecule has 0 radical (unpaired) electrons. The molecule has 35 heavy (non-hydrogen) atoms. The highest BCUT2D eigenvalue weighted by atomic mass is 79.9. The van der Waals surface area contributed by atoms with Gasteiger partial charge < -0.3 is 10.2 Å². The van der Waals surface area contributed by atoms with E-state index in [1.165, 1.54) is 11.1 Å². The van der Waals surface area contributed by atoms with E-state index >= 15 is 0 Å². The molecule has 0 saturated carbocycles. The number of halogens is 2. The zero-order valence-electron chi connectivity index (χ0n) is 19.1. The highest BCUT2D eigenvalue weighted by Crippen LogP contribution is 2.29. The van der Waals surface area contributed by atoms with Gasteiger partial charge in [0.1, 0.15) is 10.9 Å². The van der Waals surface area contributed by atoms with Crippen LogP contribution in [0.4, 0.5) is 5.13 Å². The maximum atomic E-state index is 11.6. The summed E-state index contributed by atoms with van der Waals surface area (Å²) in [7, 11) is 0. The van der Waals surface area contributed by atoms with E-state index in [4.69, 9.17) is 17.4 Å². The smallest absolute Gasteiger partial charge is 0.265 e. The average molecular weight is 578 g/mol. The van der Waals surface area contributed by atoms with Crippen LogP contribution in [0.25, 0.3) is 16.1 Å². The Kier molecular flexibility index (Phi) is 10.2. The molecule has 1 aromatic heterocycles. The van der Waals surface area contributed by atoms with Crippen LogP contribution in [-0.4, -0.2) is 52.4 Å². The molecule has 0 bridgehead atoms. The summed E-state index contributed by atoms with van der Waals surface area (Å²) in [6.07, 6.45) is 2.96. The maximum Gasteiger partial charge on any atom is 0.265 e. The van der Waals surface area contributed by atoms with E-state index in [1.807, 2.05) is 12.3 Å². The first kappa shape index (κ1) is 26.8. The van der Waals surface area contributed by atoms with Crippen LogP contribution in [0.5, 0.6) is 0 Å². The molecule has 0 spiro atoms. The lowest BCUT2D eigenvalue weighted by molar-refractivity contribution is -0.128. The van der Waals surface area contributed by atoms with Crippen LogP contribution in [0.1, 0.15) is 29.3 Å². The number of rotatable bonds is 6. The van der Waals surface area contributed by atoms with Gasteiger partial charge in [-0.25, -0.2) is 5.84 Å². The molecule has 184 valence electrons. The predicted molar refractivity (Wildman–Crippen MR) is 145 cm³/mol. The number of hydrazine groups is 1. The molecule has 2 heterocycles. The van der Waals surface area contributed by atoms with E-state index in [9.17, 15) is 9.59 Å². The largest absolute Gasteiger partial charge is 0.360 e. The van der Waals surface area contributed by atoms with Gasteiger partial charge in [-0.05, 0) is 48.7 Å². The quantitative estimate of drug-likeness (QED) is 0.172. The fraction of sp³-hybridized carbons (Fsp3) is 0.250. The molecule has 2 amide bonds. The first-order chi connectivity index (χ1) is 16.9. The summed E-state index contributed by atoms with van der Waals surface area (Å²) in [5, 5.41) is 13.3. The van der Waals surface area contributed by atoms with Gasteiger partial charge in [0.25, 0.3) is 5.91 Å². The molecule has 1 aliphatic rings. The summed E-state index contributed by atoms with van der Waals surface area (Å²) in [4.78, 5) is 24.3. The molecule has 0 aliphatic carbocycles. The van der Waals surface area contributed by atoms with Crippen molar-refractivity contribution in [2.75, 3.05) is 30.8 Å². The summed E-state index contributed by atoms with van der Waals surface area (Å²) in [6, 6.07) is 15.3. The van der Waals surface area contributed by atoms with Crippen molar-refractivity contribution in [3.8, 4) is 10.6 Å². The Balaban J connectivity index is 0.000000261. The minimum atomic E-state index is -0.280. The normalized spacial score (nSPS) is 12.8. The summed E-state index contributed by atoms with van der Waals surface area (Å²) < 4.78 is 0.936. The number of nitrogens with zero attached hydrogens (tertiary/aromatic N) is 3. The van der Waals surface area contributed by atoms with Crippen molar-refractivity contribution < 1.29 is 9.59 Å². The van der Waals surface area contributed by atoms with E-state index in [1.54, 1.807) is 40.5 Å².